The van der Waals surface area contributed by atoms with E-state index in [1.165, 1.54) is 0 Å². The fraction of sp³-hybridized carbons (Fsp3) is 0.550. The van der Waals surface area contributed by atoms with Crippen LogP contribution >= 0.6 is 0 Å². The molecule has 5 rings (SSSR count). The smallest absolute Gasteiger partial charge is 0.240 e. The lowest BCUT2D eigenvalue weighted by atomic mass is 9.91. The number of hydrazine groups is 1. The maximum absolute atomic E-state index is 12.9. The summed E-state index contributed by atoms with van der Waals surface area (Å²) in [4.78, 5) is 9.03. The van der Waals surface area contributed by atoms with Gasteiger partial charge in [0.05, 0.1) is 4.90 Å². The van der Waals surface area contributed by atoms with Gasteiger partial charge < -0.3 is 9.95 Å². The highest BCUT2D eigenvalue weighted by Gasteiger charge is 2.32. The molecule has 10 heteroatoms. The summed E-state index contributed by atoms with van der Waals surface area (Å²) in [6.07, 6.45) is 5.81. The molecule has 2 saturated carbocycles. The van der Waals surface area contributed by atoms with Crippen LogP contribution < -0.4 is 10.1 Å². The Labute approximate surface area is 176 Å². The van der Waals surface area contributed by atoms with Crippen molar-refractivity contribution in [3.8, 4) is 11.4 Å². The summed E-state index contributed by atoms with van der Waals surface area (Å²) in [5.41, 5.74) is 4.01. The van der Waals surface area contributed by atoms with Crippen LogP contribution in [-0.2, 0) is 10.0 Å². The Hall–Kier alpha value is -2.30. The number of nitrogens with one attached hydrogen (secondary N) is 2. The minimum atomic E-state index is -3.60. The molecule has 2 aliphatic carbocycles. The zero-order chi connectivity index (χ0) is 20.7. The van der Waals surface area contributed by atoms with Crippen LogP contribution in [0.3, 0.4) is 0 Å². The van der Waals surface area contributed by atoms with Gasteiger partial charge in [0.1, 0.15) is 12.5 Å². The van der Waals surface area contributed by atoms with E-state index in [1.807, 2.05) is 6.92 Å². The molecular weight excluding hydrogens is 404 g/mol. The summed E-state index contributed by atoms with van der Waals surface area (Å²) in [5.74, 6) is 2.46. The number of amidine groups is 1. The minimum Gasteiger partial charge on any atom is -0.339 e. The van der Waals surface area contributed by atoms with Gasteiger partial charge in [-0.2, -0.15) is 9.99 Å². The van der Waals surface area contributed by atoms with Crippen molar-refractivity contribution in [1.29, 1.82) is 0 Å². The van der Waals surface area contributed by atoms with Crippen molar-refractivity contribution < 1.29 is 12.9 Å². The van der Waals surface area contributed by atoms with E-state index in [1.54, 1.807) is 24.3 Å². The van der Waals surface area contributed by atoms with E-state index in [-0.39, 0.29) is 17.0 Å². The Morgan fingerprint density at radius 1 is 1.17 bits per heavy atom. The first-order valence-electron chi connectivity index (χ1n) is 10.5. The molecule has 1 aromatic carbocycles. The fourth-order valence-electron chi connectivity index (χ4n) is 4.14. The van der Waals surface area contributed by atoms with Crippen LogP contribution in [0.2, 0.25) is 0 Å². The van der Waals surface area contributed by atoms with E-state index in [2.05, 4.69) is 30.3 Å². The minimum absolute atomic E-state index is 0.0885. The Morgan fingerprint density at radius 2 is 1.97 bits per heavy atom. The van der Waals surface area contributed by atoms with E-state index < -0.39 is 10.0 Å². The van der Waals surface area contributed by atoms with Crippen LogP contribution in [0.1, 0.15) is 57.3 Å². The molecule has 0 amide bonds. The lowest BCUT2D eigenvalue weighted by molar-refractivity contribution is 0.133. The molecule has 9 nitrogen and oxygen atoms in total. The van der Waals surface area contributed by atoms with Gasteiger partial charge in [0.15, 0.2) is 0 Å². The van der Waals surface area contributed by atoms with Crippen molar-refractivity contribution >= 4 is 15.9 Å². The number of nitrogens with zero attached hydrogens (tertiary/aromatic N) is 4. The lowest BCUT2D eigenvalue weighted by Gasteiger charge is -2.34. The SMILES string of the molecule is CC1=NCN([C@@H]2CCC[C@H](NS(=O)(=O)c3ccc(-c4noc(C5CC5)n4)cc3)C2)N1. The highest BCUT2D eigenvalue weighted by atomic mass is 32.2. The summed E-state index contributed by atoms with van der Waals surface area (Å²) in [6.45, 7) is 2.56. The maximum Gasteiger partial charge on any atom is 0.240 e. The topological polar surface area (TPSA) is 113 Å². The summed E-state index contributed by atoms with van der Waals surface area (Å²) in [7, 11) is -3.60. The Morgan fingerprint density at radius 3 is 2.67 bits per heavy atom. The predicted octanol–water partition coefficient (Wildman–Crippen LogP) is 2.40. The molecule has 2 heterocycles. The molecule has 3 aliphatic rings. The molecule has 0 unspecified atom stereocenters. The van der Waals surface area contributed by atoms with Gasteiger partial charge in [0.2, 0.25) is 21.7 Å². The third-order valence-electron chi connectivity index (χ3n) is 5.97. The largest absolute Gasteiger partial charge is 0.339 e. The average molecular weight is 431 g/mol. The zero-order valence-electron chi connectivity index (χ0n) is 16.9. The van der Waals surface area contributed by atoms with Crippen LogP contribution in [0, 0.1) is 0 Å². The van der Waals surface area contributed by atoms with Gasteiger partial charge >= 0.3 is 0 Å². The van der Waals surface area contributed by atoms with Gasteiger partial charge in [-0.05, 0) is 63.3 Å². The molecule has 30 heavy (non-hydrogen) atoms. The van der Waals surface area contributed by atoms with Crippen molar-refractivity contribution in [2.75, 3.05) is 6.67 Å². The first-order chi connectivity index (χ1) is 14.5. The third kappa shape index (κ3) is 4.12. The molecule has 0 bridgehead atoms. The quantitative estimate of drug-likeness (QED) is 0.723. The van der Waals surface area contributed by atoms with Gasteiger partial charge in [-0.3, -0.25) is 4.99 Å². The van der Waals surface area contributed by atoms with Crippen LogP contribution in [0.4, 0.5) is 0 Å². The number of sulfonamides is 1. The van der Waals surface area contributed by atoms with Gasteiger partial charge in [0, 0.05) is 23.6 Å². The summed E-state index contributed by atoms with van der Waals surface area (Å²) in [5, 5.41) is 6.12. The first-order valence-corrected chi connectivity index (χ1v) is 12.0. The maximum atomic E-state index is 12.9. The average Bonchev–Trinajstić information content (AvgIpc) is 3.30. The molecule has 0 spiro atoms. The molecular formula is C20H26N6O3S. The summed E-state index contributed by atoms with van der Waals surface area (Å²) >= 11 is 0. The Kier molecular flexibility index (Phi) is 5.08. The molecule has 1 aliphatic heterocycles. The molecule has 2 aromatic rings. The van der Waals surface area contributed by atoms with Crippen molar-refractivity contribution in [3.63, 3.8) is 0 Å². The Bertz CT molecular complexity index is 1040. The second-order valence-electron chi connectivity index (χ2n) is 8.36. The second kappa shape index (κ2) is 7.75. The Balaban J connectivity index is 1.24. The number of rotatable bonds is 6. The van der Waals surface area contributed by atoms with Gasteiger partial charge in [-0.25, -0.2) is 13.1 Å². The third-order valence-corrected chi connectivity index (χ3v) is 7.50. The number of benzene rings is 1. The summed E-state index contributed by atoms with van der Waals surface area (Å²) < 4.78 is 34.0. The van der Waals surface area contributed by atoms with Crippen LogP contribution in [0.25, 0.3) is 11.4 Å². The first kappa shape index (κ1) is 19.7. The van der Waals surface area contributed by atoms with Crippen LogP contribution in [0.5, 0.6) is 0 Å². The van der Waals surface area contributed by atoms with E-state index in [4.69, 9.17) is 4.52 Å². The molecule has 2 fully saturated rings. The standard InChI is InChI=1S/C20H26N6O3S/c1-13-21-12-26(23-13)17-4-2-3-16(11-17)25-30(27,28)18-9-7-14(8-10-18)19-22-20(29-24-19)15-5-6-15/h7-10,15-17,25H,2-6,11-12H2,1H3,(H,21,23)/t16-,17+/m0/s1. The zero-order valence-corrected chi connectivity index (χ0v) is 17.7. The van der Waals surface area contributed by atoms with Crippen LogP contribution in [0.15, 0.2) is 38.7 Å². The number of aromatic nitrogens is 2. The van der Waals surface area contributed by atoms with Gasteiger partial charge in [-0.1, -0.05) is 11.6 Å². The number of hydrogen-bond donors (Lipinski definition) is 2. The van der Waals surface area contributed by atoms with Crippen molar-refractivity contribution in [3.05, 3.63) is 30.2 Å². The normalized spacial score (nSPS) is 25.2. The van der Waals surface area contributed by atoms with Crippen LogP contribution in [-0.4, -0.2) is 48.2 Å². The van der Waals surface area contributed by atoms with E-state index in [0.717, 1.165) is 49.9 Å². The molecule has 2 N–H and O–H groups in total. The summed E-state index contributed by atoms with van der Waals surface area (Å²) in [6, 6.07) is 6.85. The number of aliphatic imine (C=N–C) groups is 1. The second-order valence-corrected chi connectivity index (χ2v) is 10.1. The van der Waals surface area contributed by atoms with E-state index in [9.17, 15) is 8.42 Å². The van der Waals surface area contributed by atoms with Crippen molar-refractivity contribution in [1.82, 2.24) is 25.3 Å². The molecule has 2 atom stereocenters. The van der Waals surface area contributed by atoms with E-state index in [0.29, 0.717) is 24.3 Å². The molecule has 0 radical (unpaired) electrons. The monoisotopic (exact) mass is 430 g/mol. The van der Waals surface area contributed by atoms with Gasteiger partial charge in [0.25, 0.3) is 0 Å². The molecule has 160 valence electrons. The molecule has 1 aromatic heterocycles. The van der Waals surface area contributed by atoms with E-state index >= 15 is 0 Å². The molecule has 0 saturated heterocycles. The van der Waals surface area contributed by atoms with Crippen molar-refractivity contribution in [2.45, 2.75) is 68.3 Å². The highest BCUT2D eigenvalue weighted by Crippen LogP contribution is 2.39. The highest BCUT2D eigenvalue weighted by molar-refractivity contribution is 7.89. The van der Waals surface area contributed by atoms with Crippen molar-refractivity contribution in [2.24, 2.45) is 4.99 Å². The van der Waals surface area contributed by atoms with Gasteiger partial charge in [-0.15, -0.1) is 0 Å². The number of hydrogen-bond acceptors (Lipinski definition) is 8. The fourth-order valence-corrected chi connectivity index (χ4v) is 5.42. The predicted molar refractivity (Wildman–Crippen MR) is 111 cm³/mol. The lowest BCUT2D eigenvalue weighted by Crippen LogP contribution is -2.49.